The highest BCUT2D eigenvalue weighted by molar-refractivity contribution is 14.1. The summed E-state index contributed by atoms with van der Waals surface area (Å²) in [6.45, 7) is 0.650. The number of benzene rings is 2. The molecule has 0 radical (unpaired) electrons. The van der Waals surface area contributed by atoms with Gasteiger partial charge < -0.3 is 0 Å². The number of hydrogen-bond acceptors (Lipinski definition) is 2. The second-order valence-corrected chi connectivity index (χ2v) is 5.89. The number of halogens is 1. The Bertz CT molecular complexity index is 796. The maximum atomic E-state index is 12.4. The first-order valence-corrected chi connectivity index (χ1v) is 7.50. The van der Waals surface area contributed by atoms with Crippen LogP contribution in [0.3, 0.4) is 0 Å². The Morgan fingerprint density at radius 1 is 1.10 bits per heavy atom. The van der Waals surface area contributed by atoms with E-state index < -0.39 is 0 Å². The highest BCUT2D eigenvalue weighted by Crippen LogP contribution is 2.11. The number of nitrogens with zero attached hydrogens (tertiary/aromatic N) is 2. The van der Waals surface area contributed by atoms with Gasteiger partial charge >= 0.3 is 0 Å². The lowest BCUT2D eigenvalue weighted by Crippen LogP contribution is -2.21. The van der Waals surface area contributed by atoms with E-state index in [1.54, 1.807) is 10.9 Å². The first-order valence-electron chi connectivity index (χ1n) is 6.43. The third kappa shape index (κ3) is 2.75. The van der Waals surface area contributed by atoms with Crippen molar-refractivity contribution in [1.29, 1.82) is 0 Å². The fraction of sp³-hybridized carbons (Fsp3) is 0.125. The Morgan fingerprint density at radius 3 is 2.70 bits per heavy atom. The molecule has 0 saturated carbocycles. The molecule has 100 valence electrons. The first-order chi connectivity index (χ1) is 9.74. The van der Waals surface area contributed by atoms with E-state index in [9.17, 15) is 4.79 Å². The van der Waals surface area contributed by atoms with Crippen LogP contribution in [0.1, 0.15) is 5.56 Å². The predicted octanol–water partition coefficient (Wildman–Crippen LogP) is 3.24. The van der Waals surface area contributed by atoms with Crippen molar-refractivity contribution < 1.29 is 0 Å². The van der Waals surface area contributed by atoms with Gasteiger partial charge in [0.05, 0.1) is 17.2 Å². The van der Waals surface area contributed by atoms with Crippen molar-refractivity contribution >= 4 is 33.5 Å². The number of hydrogen-bond donors (Lipinski definition) is 0. The minimum atomic E-state index is 0.0319. The molecule has 3 nitrogen and oxygen atoms in total. The summed E-state index contributed by atoms with van der Waals surface area (Å²) in [4.78, 5) is 16.8. The molecule has 1 heterocycles. The van der Waals surface area contributed by atoms with E-state index in [1.807, 2.05) is 36.4 Å². The van der Waals surface area contributed by atoms with Gasteiger partial charge in [-0.1, -0.05) is 30.3 Å². The lowest BCUT2D eigenvalue weighted by atomic mass is 10.1. The van der Waals surface area contributed by atoms with Crippen molar-refractivity contribution in [2.45, 2.75) is 13.0 Å². The Kier molecular flexibility index (Phi) is 3.82. The van der Waals surface area contributed by atoms with E-state index in [4.69, 9.17) is 0 Å². The van der Waals surface area contributed by atoms with Gasteiger partial charge in [0.2, 0.25) is 0 Å². The van der Waals surface area contributed by atoms with Gasteiger partial charge in [0, 0.05) is 10.1 Å². The third-order valence-electron chi connectivity index (χ3n) is 3.27. The Morgan fingerprint density at radius 2 is 1.90 bits per heavy atom. The van der Waals surface area contributed by atoms with Crippen LogP contribution in [0.4, 0.5) is 0 Å². The molecule has 4 heteroatoms. The van der Waals surface area contributed by atoms with Gasteiger partial charge in [-0.05, 0) is 52.8 Å². The molecule has 0 unspecified atom stereocenters. The quantitative estimate of drug-likeness (QED) is 0.658. The molecule has 0 amide bonds. The van der Waals surface area contributed by atoms with Crippen LogP contribution in [0, 0.1) is 3.57 Å². The zero-order valence-corrected chi connectivity index (χ0v) is 12.9. The molecule has 3 rings (SSSR count). The zero-order valence-electron chi connectivity index (χ0n) is 10.8. The van der Waals surface area contributed by atoms with Crippen LogP contribution in [0.2, 0.25) is 0 Å². The summed E-state index contributed by atoms with van der Waals surface area (Å²) in [7, 11) is 0. The number of aryl methyl sites for hydroxylation is 2. The zero-order chi connectivity index (χ0) is 13.9. The summed E-state index contributed by atoms with van der Waals surface area (Å²) in [5.74, 6) is 0. The Balaban J connectivity index is 1.92. The van der Waals surface area contributed by atoms with Crippen LogP contribution in [-0.4, -0.2) is 9.55 Å². The summed E-state index contributed by atoms with van der Waals surface area (Å²) in [6.07, 6.45) is 2.47. The molecule has 0 N–H and O–H groups in total. The van der Waals surface area contributed by atoms with E-state index in [0.717, 1.165) is 15.5 Å². The smallest absolute Gasteiger partial charge is 0.261 e. The molecule has 2 aromatic carbocycles. The van der Waals surface area contributed by atoms with Crippen molar-refractivity contribution in [1.82, 2.24) is 9.55 Å². The van der Waals surface area contributed by atoms with Gasteiger partial charge in [-0.15, -0.1) is 0 Å². The van der Waals surface area contributed by atoms with Crippen molar-refractivity contribution in [3.05, 3.63) is 74.3 Å². The molecule has 0 atom stereocenters. The number of aromatic nitrogens is 2. The largest absolute Gasteiger partial charge is 0.298 e. The molecule has 0 aliphatic heterocycles. The van der Waals surface area contributed by atoms with Crippen LogP contribution in [0.25, 0.3) is 10.9 Å². The van der Waals surface area contributed by atoms with E-state index in [-0.39, 0.29) is 5.56 Å². The summed E-state index contributed by atoms with van der Waals surface area (Å²) >= 11 is 2.21. The van der Waals surface area contributed by atoms with Crippen molar-refractivity contribution in [2.24, 2.45) is 0 Å². The van der Waals surface area contributed by atoms with Crippen LogP contribution < -0.4 is 5.56 Å². The highest BCUT2D eigenvalue weighted by atomic mass is 127. The standard InChI is InChI=1S/C16H13IN2O/c17-13-6-7-15-14(10-13)16(20)19(11-18-15)9-8-12-4-2-1-3-5-12/h1-7,10-11H,8-9H2. The fourth-order valence-electron chi connectivity index (χ4n) is 2.18. The molecular weight excluding hydrogens is 363 g/mol. The molecule has 0 aliphatic carbocycles. The molecule has 0 saturated heterocycles. The Labute approximate surface area is 130 Å². The summed E-state index contributed by atoms with van der Waals surface area (Å²) in [5.41, 5.74) is 2.01. The fourth-order valence-corrected chi connectivity index (χ4v) is 2.68. The number of fused-ring (bicyclic) bond motifs is 1. The molecular formula is C16H13IN2O. The van der Waals surface area contributed by atoms with Crippen LogP contribution in [0.15, 0.2) is 59.7 Å². The summed E-state index contributed by atoms with van der Waals surface area (Å²) in [5, 5.41) is 0.687. The molecule has 0 fully saturated rings. The average Bonchev–Trinajstić information content (AvgIpc) is 2.48. The van der Waals surface area contributed by atoms with Crippen LogP contribution >= 0.6 is 22.6 Å². The molecule has 0 spiro atoms. The molecule has 0 aliphatic rings. The maximum absolute atomic E-state index is 12.4. The lowest BCUT2D eigenvalue weighted by molar-refractivity contribution is 0.662. The van der Waals surface area contributed by atoms with E-state index in [1.165, 1.54) is 5.56 Å². The van der Waals surface area contributed by atoms with Gasteiger partial charge in [0.15, 0.2) is 0 Å². The first kappa shape index (κ1) is 13.3. The van der Waals surface area contributed by atoms with E-state index in [0.29, 0.717) is 11.9 Å². The van der Waals surface area contributed by atoms with Gasteiger partial charge in [-0.25, -0.2) is 4.98 Å². The minimum Gasteiger partial charge on any atom is -0.298 e. The second kappa shape index (κ2) is 5.75. The van der Waals surface area contributed by atoms with E-state index in [2.05, 4.69) is 39.7 Å². The van der Waals surface area contributed by atoms with Gasteiger partial charge in [0.1, 0.15) is 0 Å². The number of rotatable bonds is 3. The molecule has 3 aromatic rings. The topological polar surface area (TPSA) is 34.9 Å². The maximum Gasteiger partial charge on any atom is 0.261 e. The predicted molar refractivity (Wildman–Crippen MR) is 88.9 cm³/mol. The summed E-state index contributed by atoms with van der Waals surface area (Å²) < 4.78 is 2.74. The van der Waals surface area contributed by atoms with Crippen molar-refractivity contribution in [3.63, 3.8) is 0 Å². The average molecular weight is 376 g/mol. The molecule has 1 aromatic heterocycles. The van der Waals surface area contributed by atoms with Gasteiger partial charge in [-0.3, -0.25) is 9.36 Å². The van der Waals surface area contributed by atoms with Crippen LogP contribution in [0.5, 0.6) is 0 Å². The molecule has 20 heavy (non-hydrogen) atoms. The Hall–Kier alpha value is -1.69. The minimum absolute atomic E-state index is 0.0319. The normalized spacial score (nSPS) is 10.8. The van der Waals surface area contributed by atoms with Crippen molar-refractivity contribution in [2.75, 3.05) is 0 Å². The van der Waals surface area contributed by atoms with Crippen LogP contribution in [-0.2, 0) is 13.0 Å². The monoisotopic (exact) mass is 376 g/mol. The summed E-state index contributed by atoms with van der Waals surface area (Å²) in [6, 6.07) is 15.9. The van der Waals surface area contributed by atoms with Crippen molar-refractivity contribution in [3.8, 4) is 0 Å². The van der Waals surface area contributed by atoms with Gasteiger partial charge in [0.25, 0.3) is 5.56 Å². The molecule has 0 bridgehead atoms. The van der Waals surface area contributed by atoms with E-state index >= 15 is 0 Å². The second-order valence-electron chi connectivity index (χ2n) is 4.64. The highest BCUT2D eigenvalue weighted by Gasteiger charge is 2.04. The SMILES string of the molecule is O=c1c2cc(I)ccc2ncn1CCc1ccccc1. The third-order valence-corrected chi connectivity index (χ3v) is 3.94. The van der Waals surface area contributed by atoms with Gasteiger partial charge in [-0.2, -0.15) is 0 Å². The lowest BCUT2D eigenvalue weighted by Gasteiger charge is -2.07.